The summed E-state index contributed by atoms with van der Waals surface area (Å²) < 4.78 is 33.1. The summed E-state index contributed by atoms with van der Waals surface area (Å²) in [6, 6.07) is 8.44. The lowest BCUT2D eigenvalue weighted by atomic mass is 10.1. The highest BCUT2D eigenvalue weighted by Gasteiger charge is 2.27. The van der Waals surface area contributed by atoms with E-state index in [0.717, 1.165) is 32.7 Å². The molecule has 28 heavy (non-hydrogen) atoms. The van der Waals surface area contributed by atoms with E-state index in [-0.39, 0.29) is 24.5 Å². The molecule has 152 valence electrons. The Balaban J connectivity index is 1.59. The molecule has 1 fully saturated rings. The average molecular weight is 392 g/mol. The largest absolute Gasteiger partial charge is 0.462 e. The number of aromatic nitrogens is 2. The minimum absolute atomic E-state index is 0.135. The fraction of sp³-hybridized carbons (Fsp3) is 0.500. The van der Waals surface area contributed by atoms with Gasteiger partial charge < -0.3 is 4.74 Å². The number of ether oxygens (including phenoxy) is 1. The molecule has 0 amide bonds. The molecule has 0 atom stereocenters. The van der Waals surface area contributed by atoms with Gasteiger partial charge in [0, 0.05) is 32.7 Å². The molecule has 2 aromatic rings. The van der Waals surface area contributed by atoms with Crippen LogP contribution in [0.15, 0.2) is 30.5 Å². The zero-order valence-corrected chi connectivity index (χ0v) is 16.3. The van der Waals surface area contributed by atoms with Gasteiger partial charge in [0.05, 0.1) is 19.5 Å². The van der Waals surface area contributed by atoms with Gasteiger partial charge in [-0.05, 0) is 19.4 Å². The Morgan fingerprint density at radius 3 is 2.57 bits per heavy atom. The second-order valence-corrected chi connectivity index (χ2v) is 6.99. The van der Waals surface area contributed by atoms with E-state index in [4.69, 9.17) is 4.74 Å². The van der Waals surface area contributed by atoms with E-state index in [1.54, 1.807) is 6.92 Å². The highest BCUT2D eigenvalue weighted by Crippen LogP contribution is 2.24. The van der Waals surface area contributed by atoms with Crippen molar-refractivity contribution >= 4 is 5.97 Å². The van der Waals surface area contributed by atoms with Crippen LogP contribution in [0.5, 0.6) is 0 Å². The Hall–Kier alpha value is -2.32. The summed E-state index contributed by atoms with van der Waals surface area (Å²) in [5.41, 5.74) is 1.99. The lowest BCUT2D eigenvalue weighted by Crippen LogP contribution is -2.46. The highest BCUT2D eigenvalue weighted by atomic mass is 19.3. The minimum atomic E-state index is -2.79. The lowest BCUT2D eigenvalue weighted by molar-refractivity contribution is 0.0509. The topological polar surface area (TPSA) is 50.6 Å². The average Bonchev–Trinajstić information content (AvgIpc) is 3.07. The number of benzene rings is 1. The molecule has 6 nitrogen and oxygen atoms in total. The van der Waals surface area contributed by atoms with E-state index >= 15 is 0 Å². The second-order valence-electron chi connectivity index (χ2n) is 6.99. The van der Waals surface area contributed by atoms with Crippen molar-refractivity contribution in [2.75, 3.05) is 32.8 Å². The van der Waals surface area contributed by atoms with Gasteiger partial charge in [-0.15, -0.1) is 0 Å². The van der Waals surface area contributed by atoms with Crippen LogP contribution in [0.4, 0.5) is 8.78 Å². The van der Waals surface area contributed by atoms with Crippen LogP contribution in [-0.2, 0) is 18.0 Å². The Labute approximate surface area is 163 Å². The van der Waals surface area contributed by atoms with E-state index in [0.29, 0.717) is 0 Å². The number of rotatable bonds is 7. The second kappa shape index (κ2) is 9.25. The maximum Gasteiger partial charge on any atom is 0.341 e. The lowest BCUT2D eigenvalue weighted by Gasteiger charge is -2.34. The molecule has 0 bridgehead atoms. The molecule has 0 aliphatic carbocycles. The standard InChI is InChI=1S/C20H26F2N4O2/c1-3-28-20(27)17-12-23-26(18(17)19(21)22)14-25-9-7-24(8-10-25)13-16-6-4-5-15(2)11-16/h4-6,11-12,19H,3,7-10,13-14H2,1-2H3. The highest BCUT2D eigenvalue weighted by molar-refractivity contribution is 5.90. The number of halogens is 2. The van der Waals surface area contributed by atoms with E-state index < -0.39 is 12.4 Å². The van der Waals surface area contributed by atoms with Gasteiger partial charge in [-0.1, -0.05) is 29.8 Å². The quantitative estimate of drug-likeness (QED) is 0.678. The van der Waals surface area contributed by atoms with Crippen molar-refractivity contribution in [3.8, 4) is 0 Å². The number of alkyl halides is 2. The van der Waals surface area contributed by atoms with Gasteiger partial charge in [0.25, 0.3) is 6.43 Å². The smallest absolute Gasteiger partial charge is 0.341 e. The number of carbonyl (C=O) groups is 1. The third-order valence-electron chi connectivity index (χ3n) is 4.87. The van der Waals surface area contributed by atoms with Gasteiger partial charge >= 0.3 is 5.97 Å². The van der Waals surface area contributed by atoms with Crippen molar-refractivity contribution in [2.24, 2.45) is 0 Å². The molecule has 0 unspecified atom stereocenters. The maximum atomic E-state index is 13.5. The summed E-state index contributed by atoms with van der Waals surface area (Å²) in [5, 5.41) is 4.01. The molecule has 1 saturated heterocycles. The normalized spacial score (nSPS) is 15.9. The van der Waals surface area contributed by atoms with E-state index in [1.807, 2.05) is 0 Å². The number of esters is 1. The van der Waals surface area contributed by atoms with Crippen LogP contribution >= 0.6 is 0 Å². The minimum Gasteiger partial charge on any atom is -0.462 e. The van der Waals surface area contributed by atoms with Crippen LogP contribution in [0.25, 0.3) is 0 Å². The van der Waals surface area contributed by atoms with Crippen LogP contribution in [0.3, 0.4) is 0 Å². The molecule has 3 rings (SSSR count). The molecule has 2 heterocycles. The molecule has 0 spiro atoms. The molecule has 1 aliphatic rings. The first kappa shape index (κ1) is 20.4. The summed E-state index contributed by atoms with van der Waals surface area (Å²) in [4.78, 5) is 16.3. The van der Waals surface area contributed by atoms with Gasteiger partial charge in [-0.25, -0.2) is 18.3 Å². The molecule has 0 radical (unpaired) electrons. The van der Waals surface area contributed by atoms with Crippen molar-refractivity contribution in [2.45, 2.75) is 33.5 Å². The molecule has 0 saturated carbocycles. The summed E-state index contributed by atoms with van der Waals surface area (Å²) in [7, 11) is 0. The van der Waals surface area contributed by atoms with Gasteiger partial charge in [0.15, 0.2) is 0 Å². The van der Waals surface area contributed by atoms with Crippen LogP contribution < -0.4 is 0 Å². The van der Waals surface area contributed by atoms with Gasteiger partial charge in [-0.3, -0.25) is 9.80 Å². The summed E-state index contributed by atoms with van der Waals surface area (Å²) >= 11 is 0. The summed E-state index contributed by atoms with van der Waals surface area (Å²) in [6.45, 7) is 8.18. The van der Waals surface area contributed by atoms with Crippen molar-refractivity contribution in [3.63, 3.8) is 0 Å². The van der Waals surface area contributed by atoms with Gasteiger partial charge in [0.2, 0.25) is 0 Å². The fourth-order valence-electron chi connectivity index (χ4n) is 3.45. The maximum absolute atomic E-state index is 13.5. The molecular weight excluding hydrogens is 366 g/mol. The SMILES string of the molecule is CCOC(=O)c1cnn(CN2CCN(Cc3cccc(C)c3)CC2)c1C(F)F. The third-order valence-corrected chi connectivity index (χ3v) is 4.87. The van der Waals surface area contributed by atoms with E-state index in [9.17, 15) is 13.6 Å². The summed E-state index contributed by atoms with van der Waals surface area (Å²) in [6.07, 6.45) is -1.61. The Morgan fingerprint density at radius 1 is 1.21 bits per heavy atom. The Kier molecular flexibility index (Phi) is 6.74. The zero-order valence-electron chi connectivity index (χ0n) is 16.3. The molecular formula is C20H26F2N4O2. The molecule has 0 N–H and O–H groups in total. The van der Waals surface area contributed by atoms with E-state index in [1.165, 1.54) is 22.0 Å². The first-order chi connectivity index (χ1) is 13.5. The Morgan fingerprint density at radius 2 is 1.93 bits per heavy atom. The number of carbonyl (C=O) groups excluding carboxylic acids is 1. The Bertz CT molecular complexity index is 801. The van der Waals surface area contributed by atoms with Crippen molar-refractivity contribution in [1.82, 2.24) is 19.6 Å². The molecule has 8 heteroatoms. The molecule has 1 aromatic carbocycles. The number of hydrogen-bond acceptors (Lipinski definition) is 5. The van der Waals surface area contributed by atoms with Crippen LogP contribution in [0, 0.1) is 6.92 Å². The zero-order chi connectivity index (χ0) is 20.1. The first-order valence-electron chi connectivity index (χ1n) is 9.49. The van der Waals surface area contributed by atoms with Crippen molar-refractivity contribution < 1.29 is 18.3 Å². The van der Waals surface area contributed by atoms with Crippen molar-refractivity contribution in [3.05, 3.63) is 52.8 Å². The monoisotopic (exact) mass is 392 g/mol. The number of piperazine rings is 1. The molecule has 1 aromatic heterocycles. The van der Waals surface area contributed by atoms with Gasteiger partial charge in [-0.2, -0.15) is 5.10 Å². The number of hydrogen-bond donors (Lipinski definition) is 0. The molecule has 1 aliphatic heterocycles. The third kappa shape index (κ3) is 4.94. The van der Waals surface area contributed by atoms with Gasteiger partial charge in [0.1, 0.15) is 11.3 Å². The van der Waals surface area contributed by atoms with Crippen molar-refractivity contribution in [1.29, 1.82) is 0 Å². The predicted molar refractivity (Wildman–Crippen MR) is 101 cm³/mol. The summed E-state index contributed by atoms with van der Waals surface area (Å²) in [5.74, 6) is -0.757. The predicted octanol–water partition coefficient (Wildman–Crippen LogP) is 3.08. The van der Waals surface area contributed by atoms with E-state index in [2.05, 4.69) is 46.1 Å². The van der Waals surface area contributed by atoms with Crippen LogP contribution in [0.2, 0.25) is 0 Å². The number of nitrogens with zero attached hydrogens (tertiary/aromatic N) is 4. The van der Waals surface area contributed by atoms with Crippen LogP contribution in [0.1, 0.15) is 40.5 Å². The van der Waals surface area contributed by atoms with Crippen LogP contribution in [-0.4, -0.2) is 58.3 Å². The number of aryl methyl sites for hydroxylation is 1. The first-order valence-corrected chi connectivity index (χ1v) is 9.49. The fourth-order valence-corrected chi connectivity index (χ4v) is 3.45.